The molecule has 0 aliphatic heterocycles. The van der Waals surface area contributed by atoms with E-state index < -0.39 is 0 Å². The molecule has 1 aromatic rings. The molecule has 0 fully saturated rings. The van der Waals surface area contributed by atoms with Crippen molar-refractivity contribution in [1.82, 2.24) is 0 Å². The Labute approximate surface area is 104 Å². The molecule has 1 aromatic carbocycles. The number of carbonyl (C=O) groups excluding carboxylic acids is 1. The normalized spacial score (nSPS) is 12.3. The molecule has 0 bridgehead atoms. The number of esters is 1. The lowest BCUT2D eigenvalue weighted by Crippen LogP contribution is -2.16. The highest BCUT2D eigenvalue weighted by molar-refractivity contribution is 5.79. The molecule has 0 aliphatic rings. The minimum Gasteiger partial charge on any atom is -0.469 e. The number of hydrogen-bond acceptors (Lipinski definition) is 2. The molecule has 2 nitrogen and oxygen atoms in total. The van der Waals surface area contributed by atoms with Crippen LogP contribution in [0.2, 0.25) is 0 Å². The van der Waals surface area contributed by atoms with Crippen molar-refractivity contribution in [3.63, 3.8) is 0 Å². The van der Waals surface area contributed by atoms with Crippen molar-refractivity contribution in [2.45, 2.75) is 46.5 Å². The highest BCUT2D eigenvalue weighted by Crippen LogP contribution is 2.29. The summed E-state index contributed by atoms with van der Waals surface area (Å²) in [6, 6.07) is 4.27. The molecule has 0 saturated heterocycles. The Morgan fingerprint density at radius 3 is 2.18 bits per heavy atom. The zero-order valence-corrected chi connectivity index (χ0v) is 11.5. The smallest absolute Gasteiger partial charge is 0.313 e. The summed E-state index contributed by atoms with van der Waals surface area (Å²) in [4.78, 5) is 11.9. The molecule has 0 N–H and O–H groups in total. The van der Waals surface area contributed by atoms with Crippen molar-refractivity contribution in [1.29, 1.82) is 0 Å². The third kappa shape index (κ3) is 3.09. The van der Waals surface area contributed by atoms with Crippen LogP contribution in [-0.2, 0) is 9.53 Å². The maximum atomic E-state index is 11.9. The minimum atomic E-state index is -0.123. The largest absolute Gasteiger partial charge is 0.469 e. The topological polar surface area (TPSA) is 26.3 Å². The van der Waals surface area contributed by atoms with Gasteiger partial charge in [-0.1, -0.05) is 31.0 Å². The van der Waals surface area contributed by atoms with Crippen molar-refractivity contribution in [3.8, 4) is 0 Å². The van der Waals surface area contributed by atoms with Gasteiger partial charge in [0.1, 0.15) is 0 Å². The van der Waals surface area contributed by atoms with Crippen molar-refractivity contribution in [2.24, 2.45) is 0 Å². The van der Waals surface area contributed by atoms with E-state index in [2.05, 4.69) is 39.8 Å². The number of ether oxygens (including phenoxy) is 1. The molecule has 0 aromatic heterocycles. The average Bonchev–Trinajstić information content (AvgIpc) is 2.25. The molecular formula is C15H22O2. The Morgan fingerprint density at radius 2 is 1.76 bits per heavy atom. The quantitative estimate of drug-likeness (QED) is 0.743. The molecule has 2 heteroatoms. The van der Waals surface area contributed by atoms with Gasteiger partial charge in [-0.25, -0.2) is 0 Å². The zero-order chi connectivity index (χ0) is 13.0. The monoisotopic (exact) mass is 234 g/mol. The van der Waals surface area contributed by atoms with Crippen LogP contribution in [-0.4, -0.2) is 13.1 Å². The predicted octanol–water partition coefficient (Wildman–Crippen LogP) is 3.67. The van der Waals surface area contributed by atoms with Crippen molar-refractivity contribution >= 4 is 5.97 Å². The van der Waals surface area contributed by atoms with E-state index in [9.17, 15) is 4.79 Å². The number of hydrogen-bond donors (Lipinski definition) is 0. The second-order valence-corrected chi connectivity index (χ2v) is 4.68. The van der Waals surface area contributed by atoms with E-state index in [-0.39, 0.29) is 11.9 Å². The zero-order valence-electron chi connectivity index (χ0n) is 11.5. The average molecular weight is 234 g/mol. The van der Waals surface area contributed by atoms with Gasteiger partial charge >= 0.3 is 5.97 Å². The van der Waals surface area contributed by atoms with E-state index in [0.29, 0.717) is 0 Å². The molecule has 0 heterocycles. The third-order valence-electron chi connectivity index (χ3n) is 3.15. The summed E-state index contributed by atoms with van der Waals surface area (Å²) < 4.78 is 4.92. The van der Waals surface area contributed by atoms with Crippen LogP contribution in [0.1, 0.15) is 47.9 Å². The lowest BCUT2D eigenvalue weighted by Gasteiger charge is -2.19. The Balaban J connectivity index is 3.22. The van der Waals surface area contributed by atoms with Gasteiger partial charge in [-0.3, -0.25) is 4.79 Å². The van der Waals surface area contributed by atoms with Crippen LogP contribution < -0.4 is 0 Å². The Hall–Kier alpha value is -1.31. The third-order valence-corrected chi connectivity index (χ3v) is 3.15. The first kappa shape index (κ1) is 13.8. The molecular weight excluding hydrogens is 212 g/mol. The molecule has 17 heavy (non-hydrogen) atoms. The number of rotatable bonds is 4. The maximum absolute atomic E-state index is 11.9. The second-order valence-electron chi connectivity index (χ2n) is 4.68. The van der Waals surface area contributed by atoms with Crippen molar-refractivity contribution < 1.29 is 9.53 Å². The van der Waals surface area contributed by atoms with Crippen LogP contribution in [0.3, 0.4) is 0 Å². The standard InChI is InChI=1S/C15H22O2/c1-6-7-13(15(16)17-5)14-11(3)8-10(2)9-12(14)4/h8-9,13H,6-7H2,1-5H3. The van der Waals surface area contributed by atoms with Gasteiger partial charge in [-0.05, 0) is 43.9 Å². The molecule has 0 spiro atoms. The summed E-state index contributed by atoms with van der Waals surface area (Å²) in [5.41, 5.74) is 4.76. The first-order valence-corrected chi connectivity index (χ1v) is 6.16. The summed E-state index contributed by atoms with van der Waals surface area (Å²) >= 11 is 0. The molecule has 1 unspecified atom stereocenters. The van der Waals surface area contributed by atoms with Gasteiger partial charge in [0.05, 0.1) is 13.0 Å². The van der Waals surface area contributed by atoms with E-state index in [0.717, 1.165) is 18.4 Å². The Morgan fingerprint density at radius 1 is 1.24 bits per heavy atom. The molecule has 0 saturated carbocycles. The van der Waals surface area contributed by atoms with E-state index in [1.165, 1.54) is 23.8 Å². The number of methoxy groups -OCH3 is 1. The van der Waals surface area contributed by atoms with Crippen LogP contribution in [0, 0.1) is 20.8 Å². The van der Waals surface area contributed by atoms with E-state index in [4.69, 9.17) is 4.74 Å². The van der Waals surface area contributed by atoms with Crippen LogP contribution in [0.5, 0.6) is 0 Å². The van der Waals surface area contributed by atoms with Gasteiger partial charge in [0.15, 0.2) is 0 Å². The predicted molar refractivity (Wildman–Crippen MR) is 70.3 cm³/mol. The van der Waals surface area contributed by atoms with E-state index in [1.54, 1.807) is 0 Å². The minimum absolute atomic E-state index is 0.120. The maximum Gasteiger partial charge on any atom is 0.313 e. The fourth-order valence-electron chi connectivity index (χ4n) is 2.55. The molecule has 94 valence electrons. The first-order chi connectivity index (χ1) is 8.01. The number of carbonyl (C=O) groups is 1. The Kier molecular flexibility index (Phi) is 4.73. The van der Waals surface area contributed by atoms with Gasteiger partial charge in [0.2, 0.25) is 0 Å². The van der Waals surface area contributed by atoms with Crippen molar-refractivity contribution in [2.75, 3.05) is 7.11 Å². The summed E-state index contributed by atoms with van der Waals surface area (Å²) in [6.07, 6.45) is 1.82. The van der Waals surface area contributed by atoms with Crippen LogP contribution in [0.15, 0.2) is 12.1 Å². The summed E-state index contributed by atoms with van der Waals surface area (Å²) in [6.45, 7) is 8.31. The van der Waals surface area contributed by atoms with Crippen LogP contribution in [0.4, 0.5) is 0 Å². The lowest BCUT2D eigenvalue weighted by molar-refractivity contribution is -0.142. The SMILES string of the molecule is CCCC(C(=O)OC)c1c(C)cc(C)cc1C. The Bertz CT molecular complexity index is 384. The molecule has 0 radical (unpaired) electrons. The highest BCUT2D eigenvalue weighted by Gasteiger charge is 2.23. The van der Waals surface area contributed by atoms with Crippen LogP contribution in [0.25, 0.3) is 0 Å². The second kappa shape index (κ2) is 5.85. The van der Waals surface area contributed by atoms with Gasteiger partial charge in [-0.15, -0.1) is 0 Å². The van der Waals surface area contributed by atoms with Crippen molar-refractivity contribution in [3.05, 3.63) is 34.4 Å². The first-order valence-electron chi connectivity index (χ1n) is 6.16. The van der Waals surface area contributed by atoms with E-state index >= 15 is 0 Å². The molecule has 1 rings (SSSR count). The van der Waals surface area contributed by atoms with Gasteiger partial charge in [0, 0.05) is 0 Å². The van der Waals surface area contributed by atoms with Gasteiger partial charge < -0.3 is 4.74 Å². The van der Waals surface area contributed by atoms with Crippen LogP contribution >= 0.6 is 0 Å². The number of benzene rings is 1. The summed E-state index contributed by atoms with van der Waals surface area (Å²) in [5.74, 6) is -0.243. The van der Waals surface area contributed by atoms with E-state index in [1.807, 2.05) is 0 Å². The summed E-state index contributed by atoms with van der Waals surface area (Å²) in [7, 11) is 1.46. The highest BCUT2D eigenvalue weighted by atomic mass is 16.5. The van der Waals surface area contributed by atoms with Gasteiger partial charge in [-0.2, -0.15) is 0 Å². The van der Waals surface area contributed by atoms with Gasteiger partial charge in [0.25, 0.3) is 0 Å². The fourth-order valence-corrected chi connectivity index (χ4v) is 2.55. The lowest BCUT2D eigenvalue weighted by atomic mass is 9.87. The fraction of sp³-hybridized carbons (Fsp3) is 0.533. The molecule has 0 amide bonds. The number of aryl methyl sites for hydroxylation is 3. The summed E-state index contributed by atoms with van der Waals surface area (Å²) in [5, 5.41) is 0. The molecule has 0 aliphatic carbocycles. The molecule has 1 atom stereocenters.